The number of methoxy groups -OCH3 is 1. The predicted octanol–water partition coefficient (Wildman–Crippen LogP) is 4.22. The van der Waals surface area contributed by atoms with Gasteiger partial charge in [0.05, 0.1) is 0 Å². The van der Waals surface area contributed by atoms with E-state index in [0.717, 1.165) is 26.0 Å². The standard InChI is InChI=1S/C13H22BrNOS/c1-4-6-15-12(8-10(2)9-16-3)13-11(14)5-7-17-13/h5,7,10,12,15H,4,6,8-9H2,1-3H3. The second kappa shape index (κ2) is 8.25. The van der Waals surface area contributed by atoms with Crippen LogP contribution in [0.15, 0.2) is 15.9 Å². The van der Waals surface area contributed by atoms with Gasteiger partial charge >= 0.3 is 0 Å². The number of thiophene rings is 1. The number of rotatable bonds is 8. The number of ether oxygens (including phenoxy) is 1. The smallest absolute Gasteiger partial charge is 0.0488 e. The molecule has 1 aromatic heterocycles. The third-order valence-corrected chi connectivity index (χ3v) is 4.68. The molecule has 1 heterocycles. The molecule has 2 unspecified atom stereocenters. The highest BCUT2D eigenvalue weighted by Crippen LogP contribution is 2.32. The topological polar surface area (TPSA) is 21.3 Å². The lowest BCUT2D eigenvalue weighted by Gasteiger charge is -2.21. The second-order valence-corrected chi connectivity index (χ2v) is 6.24. The van der Waals surface area contributed by atoms with E-state index in [9.17, 15) is 0 Å². The molecule has 0 fully saturated rings. The van der Waals surface area contributed by atoms with Crippen molar-refractivity contribution >= 4 is 27.3 Å². The molecule has 0 bridgehead atoms. The molecule has 4 heteroatoms. The van der Waals surface area contributed by atoms with Crippen LogP contribution in [0.4, 0.5) is 0 Å². The van der Waals surface area contributed by atoms with Crippen LogP contribution in [0.25, 0.3) is 0 Å². The van der Waals surface area contributed by atoms with E-state index in [4.69, 9.17) is 4.74 Å². The fraction of sp³-hybridized carbons (Fsp3) is 0.692. The SMILES string of the molecule is CCCNC(CC(C)COC)c1sccc1Br. The lowest BCUT2D eigenvalue weighted by atomic mass is 10.0. The molecule has 2 nitrogen and oxygen atoms in total. The maximum atomic E-state index is 5.22. The van der Waals surface area contributed by atoms with E-state index in [0.29, 0.717) is 12.0 Å². The molecule has 17 heavy (non-hydrogen) atoms. The van der Waals surface area contributed by atoms with Gasteiger partial charge in [-0.3, -0.25) is 0 Å². The van der Waals surface area contributed by atoms with E-state index in [2.05, 4.69) is 46.5 Å². The first-order chi connectivity index (χ1) is 8.19. The third kappa shape index (κ3) is 5.08. The molecule has 0 aliphatic rings. The van der Waals surface area contributed by atoms with Crippen LogP contribution in [0.2, 0.25) is 0 Å². The maximum absolute atomic E-state index is 5.22. The van der Waals surface area contributed by atoms with Crippen molar-refractivity contribution in [3.63, 3.8) is 0 Å². The van der Waals surface area contributed by atoms with Gasteiger partial charge in [0.2, 0.25) is 0 Å². The van der Waals surface area contributed by atoms with Crippen LogP contribution >= 0.6 is 27.3 Å². The van der Waals surface area contributed by atoms with Crippen molar-refractivity contribution < 1.29 is 4.74 Å². The van der Waals surface area contributed by atoms with Crippen LogP contribution in [0.5, 0.6) is 0 Å². The number of hydrogen-bond donors (Lipinski definition) is 1. The lowest BCUT2D eigenvalue weighted by molar-refractivity contribution is 0.149. The van der Waals surface area contributed by atoms with Crippen LogP contribution in [0.3, 0.4) is 0 Å². The van der Waals surface area contributed by atoms with Crippen molar-refractivity contribution in [2.45, 2.75) is 32.7 Å². The Morgan fingerprint density at radius 2 is 2.29 bits per heavy atom. The van der Waals surface area contributed by atoms with E-state index in [1.54, 1.807) is 7.11 Å². The maximum Gasteiger partial charge on any atom is 0.0488 e. The summed E-state index contributed by atoms with van der Waals surface area (Å²) < 4.78 is 6.44. The van der Waals surface area contributed by atoms with Crippen molar-refractivity contribution in [3.05, 3.63) is 20.8 Å². The van der Waals surface area contributed by atoms with E-state index >= 15 is 0 Å². The highest BCUT2D eigenvalue weighted by molar-refractivity contribution is 9.10. The largest absolute Gasteiger partial charge is 0.384 e. The summed E-state index contributed by atoms with van der Waals surface area (Å²) in [5, 5.41) is 5.77. The van der Waals surface area contributed by atoms with Crippen molar-refractivity contribution in [1.82, 2.24) is 5.32 Å². The minimum atomic E-state index is 0.439. The first-order valence-electron chi connectivity index (χ1n) is 6.14. The van der Waals surface area contributed by atoms with Crippen LogP contribution in [-0.2, 0) is 4.74 Å². The second-order valence-electron chi connectivity index (χ2n) is 4.44. The zero-order valence-electron chi connectivity index (χ0n) is 10.8. The van der Waals surface area contributed by atoms with Gasteiger partial charge in [-0.15, -0.1) is 11.3 Å². The van der Waals surface area contributed by atoms with E-state index < -0.39 is 0 Å². The Morgan fingerprint density at radius 3 is 2.82 bits per heavy atom. The quantitative estimate of drug-likeness (QED) is 0.774. The zero-order chi connectivity index (χ0) is 12.7. The Hall–Kier alpha value is 0.100. The van der Waals surface area contributed by atoms with Gasteiger partial charge in [0.15, 0.2) is 0 Å². The van der Waals surface area contributed by atoms with Gasteiger partial charge in [-0.2, -0.15) is 0 Å². The van der Waals surface area contributed by atoms with Crippen LogP contribution in [0.1, 0.15) is 37.6 Å². The highest BCUT2D eigenvalue weighted by atomic mass is 79.9. The van der Waals surface area contributed by atoms with E-state index in [-0.39, 0.29) is 0 Å². The minimum absolute atomic E-state index is 0.439. The lowest BCUT2D eigenvalue weighted by Crippen LogP contribution is -2.24. The molecule has 0 spiro atoms. The molecular formula is C13H22BrNOS. The molecule has 0 aliphatic carbocycles. The molecule has 0 saturated heterocycles. The molecule has 0 aliphatic heterocycles. The van der Waals surface area contributed by atoms with Gasteiger partial charge in [0, 0.05) is 29.1 Å². The molecule has 1 N–H and O–H groups in total. The Bertz CT molecular complexity index is 316. The van der Waals surface area contributed by atoms with Crippen molar-refractivity contribution in [3.8, 4) is 0 Å². The Balaban J connectivity index is 2.63. The molecule has 0 aromatic carbocycles. The summed E-state index contributed by atoms with van der Waals surface area (Å²) in [6, 6.07) is 2.57. The Kier molecular flexibility index (Phi) is 7.35. The first-order valence-corrected chi connectivity index (χ1v) is 7.81. The summed E-state index contributed by atoms with van der Waals surface area (Å²) in [6.07, 6.45) is 2.28. The average molecular weight is 320 g/mol. The Morgan fingerprint density at radius 1 is 1.53 bits per heavy atom. The van der Waals surface area contributed by atoms with Crippen molar-refractivity contribution in [2.24, 2.45) is 5.92 Å². The summed E-state index contributed by atoms with van der Waals surface area (Å²) in [7, 11) is 1.77. The van der Waals surface area contributed by atoms with Crippen LogP contribution < -0.4 is 5.32 Å². The molecule has 0 saturated carbocycles. The molecule has 1 rings (SSSR count). The minimum Gasteiger partial charge on any atom is -0.384 e. The van der Waals surface area contributed by atoms with Gasteiger partial charge < -0.3 is 10.1 Å². The summed E-state index contributed by atoms with van der Waals surface area (Å²) in [5.41, 5.74) is 0. The van der Waals surface area contributed by atoms with Gasteiger partial charge in [0.25, 0.3) is 0 Å². The molecule has 2 atom stereocenters. The van der Waals surface area contributed by atoms with E-state index in [1.165, 1.54) is 9.35 Å². The summed E-state index contributed by atoms with van der Waals surface area (Å²) >= 11 is 5.44. The normalized spacial score (nSPS) is 14.8. The highest BCUT2D eigenvalue weighted by Gasteiger charge is 2.18. The van der Waals surface area contributed by atoms with Crippen molar-refractivity contribution in [2.75, 3.05) is 20.3 Å². The predicted molar refractivity (Wildman–Crippen MR) is 78.7 cm³/mol. The third-order valence-electron chi connectivity index (χ3n) is 2.69. The van der Waals surface area contributed by atoms with Crippen LogP contribution in [-0.4, -0.2) is 20.3 Å². The fourth-order valence-electron chi connectivity index (χ4n) is 1.91. The zero-order valence-corrected chi connectivity index (χ0v) is 13.2. The molecular weight excluding hydrogens is 298 g/mol. The molecule has 98 valence electrons. The molecule has 0 radical (unpaired) electrons. The fourth-order valence-corrected chi connectivity index (χ4v) is 3.65. The Labute approximate surface area is 117 Å². The van der Waals surface area contributed by atoms with Gasteiger partial charge in [-0.25, -0.2) is 0 Å². The number of halogens is 1. The number of hydrogen-bond acceptors (Lipinski definition) is 3. The number of nitrogens with one attached hydrogen (secondary N) is 1. The molecule has 0 amide bonds. The first kappa shape index (κ1) is 15.2. The van der Waals surface area contributed by atoms with Crippen molar-refractivity contribution in [1.29, 1.82) is 0 Å². The summed E-state index contributed by atoms with van der Waals surface area (Å²) in [5.74, 6) is 0.573. The molecule has 1 aromatic rings. The van der Waals surface area contributed by atoms with Gasteiger partial charge in [-0.1, -0.05) is 13.8 Å². The average Bonchev–Trinajstić information content (AvgIpc) is 2.71. The van der Waals surface area contributed by atoms with Crippen LogP contribution in [0, 0.1) is 5.92 Å². The van der Waals surface area contributed by atoms with Gasteiger partial charge in [0.1, 0.15) is 0 Å². The summed E-state index contributed by atoms with van der Waals surface area (Å²) in [6.45, 7) is 6.33. The van der Waals surface area contributed by atoms with Gasteiger partial charge in [-0.05, 0) is 52.7 Å². The summed E-state index contributed by atoms with van der Waals surface area (Å²) in [4.78, 5) is 1.40. The monoisotopic (exact) mass is 319 g/mol. The van der Waals surface area contributed by atoms with E-state index in [1.807, 2.05) is 11.3 Å².